The minimum Gasteiger partial charge on any atom is -0.329 e. The first-order valence-electron chi connectivity index (χ1n) is 5.60. The van der Waals surface area contributed by atoms with Crippen molar-refractivity contribution in [3.63, 3.8) is 0 Å². The van der Waals surface area contributed by atoms with E-state index in [1.807, 2.05) is 30.0 Å². The highest BCUT2D eigenvalue weighted by atomic mass is 32.1. The molecule has 0 radical (unpaired) electrons. The number of thiazole rings is 1. The molecule has 0 saturated carbocycles. The molecule has 0 saturated heterocycles. The highest BCUT2D eigenvalue weighted by Crippen LogP contribution is 2.19. The molecule has 4 nitrogen and oxygen atoms in total. The number of H-pyrrole nitrogens is 1. The summed E-state index contributed by atoms with van der Waals surface area (Å²) in [6, 6.07) is 1.98. The lowest BCUT2D eigenvalue weighted by Gasteiger charge is -2.01. The number of aromatic amines is 1. The third-order valence-corrected chi connectivity index (χ3v) is 4.08. The summed E-state index contributed by atoms with van der Waals surface area (Å²) in [7, 11) is 0. The van der Waals surface area contributed by atoms with Crippen molar-refractivity contribution < 1.29 is 0 Å². The molecule has 3 heterocycles. The van der Waals surface area contributed by atoms with E-state index < -0.39 is 0 Å². The number of nitrogens with zero attached hydrogens (tertiary/aromatic N) is 3. The number of pyridine rings is 1. The SMILES string of the molecule is Cc1ncc(Cn2c(=S)[nH]c3c(C)ccnc32)s1. The quantitative estimate of drug-likeness (QED) is 0.731. The van der Waals surface area contributed by atoms with Crippen LogP contribution in [0.4, 0.5) is 0 Å². The van der Waals surface area contributed by atoms with Crippen LogP contribution in [0.3, 0.4) is 0 Å². The third kappa shape index (κ3) is 1.87. The Morgan fingerprint density at radius 1 is 1.39 bits per heavy atom. The summed E-state index contributed by atoms with van der Waals surface area (Å²) < 4.78 is 2.72. The molecule has 0 fully saturated rings. The molecule has 3 aromatic heterocycles. The summed E-state index contributed by atoms with van der Waals surface area (Å²) in [4.78, 5) is 13.1. The Morgan fingerprint density at radius 2 is 2.22 bits per heavy atom. The average molecular weight is 276 g/mol. The summed E-state index contributed by atoms with van der Waals surface area (Å²) >= 11 is 7.06. The second-order valence-corrected chi connectivity index (χ2v) is 5.89. The van der Waals surface area contributed by atoms with Crippen LogP contribution in [-0.2, 0) is 6.54 Å². The Labute approximate surface area is 113 Å². The average Bonchev–Trinajstić information content (AvgIpc) is 2.87. The first-order valence-corrected chi connectivity index (χ1v) is 6.83. The Bertz CT molecular complexity index is 766. The van der Waals surface area contributed by atoms with Gasteiger partial charge in [-0.2, -0.15) is 0 Å². The number of hydrogen-bond donors (Lipinski definition) is 1. The predicted molar refractivity (Wildman–Crippen MR) is 75.6 cm³/mol. The van der Waals surface area contributed by atoms with E-state index in [1.165, 1.54) is 4.88 Å². The fraction of sp³-hybridized carbons (Fsp3) is 0.250. The number of aryl methyl sites for hydroxylation is 2. The van der Waals surface area contributed by atoms with Crippen molar-refractivity contribution in [3.8, 4) is 0 Å². The van der Waals surface area contributed by atoms with Crippen LogP contribution in [0.1, 0.15) is 15.4 Å². The van der Waals surface area contributed by atoms with Crippen LogP contribution in [0.5, 0.6) is 0 Å². The van der Waals surface area contributed by atoms with Gasteiger partial charge >= 0.3 is 0 Å². The van der Waals surface area contributed by atoms with Crippen molar-refractivity contribution >= 4 is 34.7 Å². The van der Waals surface area contributed by atoms with Gasteiger partial charge in [0, 0.05) is 17.3 Å². The zero-order valence-electron chi connectivity index (χ0n) is 10.1. The molecule has 3 aromatic rings. The van der Waals surface area contributed by atoms with Gasteiger partial charge in [-0.15, -0.1) is 11.3 Å². The van der Waals surface area contributed by atoms with E-state index in [1.54, 1.807) is 11.3 Å². The Balaban J connectivity index is 2.14. The molecule has 0 aliphatic carbocycles. The van der Waals surface area contributed by atoms with Crippen molar-refractivity contribution in [2.24, 2.45) is 0 Å². The van der Waals surface area contributed by atoms with Gasteiger partial charge in [0.15, 0.2) is 10.4 Å². The summed E-state index contributed by atoms with van der Waals surface area (Å²) in [6.07, 6.45) is 3.71. The molecule has 0 unspecified atom stereocenters. The lowest BCUT2D eigenvalue weighted by atomic mass is 10.3. The maximum absolute atomic E-state index is 5.37. The second kappa shape index (κ2) is 4.29. The van der Waals surface area contributed by atoms with Gasteiger partial charge in [0.25, 0.3) is 0 Å². The van der Waals surface area contributed by atoms with Gasteiger partial charge in [-0.05, 0) is 37.7 Å². The summed E-state index contributed by atoms with van der Waals surface area (Å²) in [5, 5.41) is 1.07. The Morgan fingerprint density at radius 3 is 2.94 bits per heavy atom. The maximum Gasteiger partial charge on any atom is 0.179 e. The molecule has 18 heavy (non-hydrogen) atoms. The molecule has 0 aromatic carbocycles. The van der Waals surface area contributed by atoms with Gasteiger partial charge in [0.2, 0.25) is 0 Å². The van der Waals surface area contributed by atoms with Crippen molar-refractivity contribution in [3.05, 3.63) is 38.7 Å². The highest BCUT2D eigenvalue weighted by molar-refractivity contribution is 7.71. The number of hydrogen-bond acceptors (Lipinski definition) is 4. The number of imidazole rings is 1. The van der Waals surface area contributed by atoms with Crippen molar-refractivity contribution in [1.29, 1.82) is 0 Å². The van der Waals surface area contributed by atoms with Crippen LogP contribution in [0, 0.1) is 18.6 Å². The van der Waals surface area contributed by atoms with Crippen LogP contribution in [0.15, 0.2) is 18.5 Å². The van der Waals surface area contributed by atoms with Gasteiger partial charge in [-0.1, -0.05) is 0 Å². The van der Waals surface area contributed by atoms with Crippen molar-refractivity contribution in [2.75, 3.05) is 0 Å². The molecule has 1 N–H and O–H groups in total. The molecule has 0 bridgehead atoms. The molecule has 0 spiro atoms. The van der Waals surface area contributed by atoms with Crippen LogP contribution in [-0.4, -0.2) is 19.5 Å². The molecule has 3 rings (SSSR count). The molecule has 0 amide bonds. The van der Waals surface area contributed by atoms with Crippen LogP contribution >= 0.6 is 23.6 Å². The van der Waals surface area contributed by atoms with E-state index in [2.05, 4.69) is 21.9 Å². The minimum atomic E-state index is 0.706. The van der Waals surface area contributed by atoms with Gasteiger partial charge in [-0.3, -0.25) is 4.57 Å². The third-order valence-electron chi connectivity index (χ3n) is 2.86. The normalized spacial score (nSPS) is 11.2. The van der Waals surface area contributed by atoms with E-state index in [0.717, 1.165) is 28.3 Å². The zero-order valence-corrected chi connectivity index (χ0v) is 11.7. The number of nitrogens with one attached hydrogen (secondary N) is 1. The second-order valence-electron chi connectivity index (χ2n) is 4.19. The van der Waals surface area contributed by atoms with Gasteiger partial charge in [0.1, 0.15) is 0 Å². The monoisotopic (exact) mass is 276 g/mol. The van der Waals surface area contributed by atoms with E-state index >= 15 is 0 Å². The molecule has 0 aliphatic rings. The first-order chi connectivity index (χ1) is 8.65. The number of rotatable bonds is 2. The molecule has 92 valence electrons. The summed E-state index contributed by atoms with van der Waals surface area (Å²) in [5.41, 5.74) is 3.08. The number of aromatic nitrogens is 4. The molecule has 0 atom stereocenters. The predicted octanol–water partition coefficient (Wildman–Crippen LogP) is 3.22. The summed E-state index contributed by atoms with van der Waals surface area (Å²) in [6.45, 7) is 4.78. The molecular formula is C12H12N4S2. The van der Waals surface area contributed by atoms with Crippen LogP contribution in [0.25, 0.3) is 11.2 Å². The van der Waals surface area contributed by atoms with E-state index in [-0.39, 0.29) is 0 Å². The van der Waals surface area contributed by atoms with Crippen LogP contribution < -0.4 is 0 Å². The lowest BCUT2D eigenvalue weighted by Crippen LogP contribution is -1.99. The zero-order chi connectivity index (χ0) is 12.7. The van der Waals surface area contributed by atoms with Gasteiger partial charge in [0.05, 0.1) is 17.1 Å². The Hall–Kier alpha value is -1.53. The smallest absolute Gasteiger partial charge is 0.179 e. The lowest BCUT2D eigenvalue weighted by molar-refractivity contribution is 0.811. The van der Waals surface area contributed by atoms with Crippen molar-refractivity contribution in [1.82, 2.24) is 19.5 Å². The van der Waals surface area contributed by atoms with E-state index in [9.17, 15) is 0 Å². The topological polar surface area (TPSA) is 46.5 Å². The number of fused-ring (bicyclic) bond motifs is 1. The standard InChI is InChI=1S/C12H12N4S2/c1-7-3-4-13-11-10(7)15-12(17)16(11)6-9-5-14-8(2)18-9/h3-5H,6H2,1-2H3,(H,15,17). The van der Waals surface area contributed by atoms with E-state index in [4.69, 9.17) is 12.2 Å². The van der Waals surface area contributed by atoms with Crippen LogP contribution in [0.2, 0.25) is 0 Å². The molecule has 0 aliphatic heterocycles. The molecule has 6 heteroatoms. The Kier molecular flexibility index (Phi) is 2.76. The maximum atomic E-state index is 5.37. The van der Waals surface area contributed by atoms with E-state index in [0.29, 0.717) is 4.77 Å². The highest BCUT2D eigenvalue weighted by Gasteiger charge is 2.09. The van der Waals surface area contributed by atoms with Gasteiger partial charge < -0.3 is 4.98 Å². The van der Waals surface area contributed by atoms with Gasteiger partial charge in [-0.25, -0.2) is 9.97 Å². The fourth-order valence-electron chi connectivity index (χ4n) is 1.95. The largest absolute Gasteiger partial charge is 0.329 e. The fourth-order valence-corrected chi connectivity index (χ4v) is 2.99. The first kappa shape index (κ1) is 11.6. The minimum absolute atomic E-state index is 0.706. The summed E-state index contributed by atoms with van der Waals surface area (Å²) in [5.74, 6) is 0. The molecular weight excluding hydrogens is 264 g/mol. The van der Waals surface area contributed by atoms with Crippen molar-refractivity contribution in [2.45, 2.75) is 20.4 Å².